The van der Waals surface area contributed by atoms with Gasteiger partial charge in [0.05, 0.1) is 18.0 Å². The average Bonchev–Trinajstić information content (AvgIpc) is 3.01. The van der Waals surface area contributed by atoms with Crippen molar-refractivity contribution >= 4 is 32.7 Å². The minimum Gasteiger partial charge on any atom is -0.383 e. The Morgan fingerprint density at radius 2 is 1.78 bits per heavy atom. The van der Waals surface area contributed by atoms with E-state index in [2.05, 4.69) is 27.0 Å². The molecule has 1 aliphatic rings. The standard InChI is InChI=1S/C33H40F2N6O4S/c1-21(2)41-31-24(19-36-33(38-31)37-26-10-12-27(13-11-26)40(3)15-16-45-4)17-28(32(41)42)23-7-14-30(29(35)18-23)39-46(43,44)20-22-5-8-25(34)9-6-22/h5-9,14,17-19,21,26-27,39H,10-13,15-16,20H2,1-4H3,(H,36,37,38). The van der Waals surface area contributed by atoms with Gasteiger partial charge in [-0.05, 0) is 88.0 Å². The highest BCUT2D eigenvalue weighted by atomic mass is 32.2. The lowest BCUT2D eigenvalue weighted by Gasteiger charge is -2.34. The maximum Gasteiger partial charge on any atom is 0.260 e. The lowest BCUT2D eigenvalue weighted by atomic mass is 9.90. The van der Waals surface area contributed by atoms with Crippen LogP contribution in [0.4, 0.5) is 20.4 Å². The minimum absolute atomic E-state index is 0.220. The fraction of sp³-hybridized carbons (Fsp3) is 0.424. The number of rotatable bonds is 12. The molecule has 2 aromatic carbocycles. The van der Waals surface area contributed by atoms with E-state index in [1.807, 2.05) is 13.8 Å². The van der Waals surface area contributed by atoms with Crippen molar-refractivity contribution < 1.29 is 21.9 Å². The van der Waals surface area contributed by atoms with Crippen molar-refractivity contribution in [3.63, 3.8) is 0 Å². The lowest BCUT2D eigenvalue weighted by Crippen LogP contribution is -2.39. The minimum atomic E-state index is -3.99. The molecule has 1 saturated carbocycles. The summed E-state index contributed by atoms with van der Waals surface area (Å²) >= 11 is 0. The van der Waals surface area contributed by atoms with Crippen LogP contribution in [0.1, 0.15) is 51.1 Å². The molecule has 0 atom stereocenters. The Morgan fingerprint density at radius 1 is 1.07 bits per heavy atom. The molecule has 46 heavy (non-hydrogen) atoms. The molecule has 2 aromatic heterocycles. The zero-order valence-corrected chi connectivity index (χ0v) is 27.3. The zero-order chi connectivity index (χ0) is 33.0. The van der Waals surface area contributed by atoms with Crippen LogP contribution < -0.4 is 15.6 Å². The van der Waals surface area contributed by atoms with Gasteiger partial charge in [0.2, 0.25) is 16.0 Å². The monoisotopic (exact) mass is 654 g/mol. The molecular weight excluding hydrogens is 614 g/mol. The average molecular weight is 655 g/mol. The van der Waals surface area contributed by atoms with E-state index in [9.17, 15) is 17.6 Å². The number of benzene rings is 2. The van der Waals surface area contributed by atoms with Crippen LogP contribution in [0.2, 0.25) is 0 Å². The van der Waals surface area contributed by atoms with Gasteiger partial charge >= 0.3 is 0 Å². The number of ether oxygens (including phenoxy) is 1. The third kappa shape index (κ3) is 7.88. The molecule has 0 spiro atoms. The Hall–Kier alpha value is -3.94. The molecule has 0 aliphatic heterocycles. The van der Waals surface area contributed by atoms with E-state index in [1.54, 1.807) is 23.9 Å². The predicted molar refractivity (Wildman–Crippen MR) is 176 cm³/mol. The Kier molecular flexibility index (Phi) is 10.3. The number of nitrogens with one attached hydrogen (secondary N) is 2. The van der Waals surface area contributed by atoms with E-state index in [1.165, 1.54) is 24.3 Å². The molecule has 0 amide bonds. The van der Waals surface area contributed by atoms with E-state index in [0.29, 0.717) is 35.2 Å². The molecule has 0 bridgehead atoms. The van der Waals surface area contributed by atoms with Gasteiger partial charge in [0, 0.05) is 48.9 Å². The number of anilines is 2. The number of nitrogens with zero attached hydrogens (tertiary/aromatic N) is 4. The number of fused-ring (bicyclic) bond motifs is 1. The Bertz CT molecular complexity index is 1840. The molecule has 1 aliphatic carbocycles. The van der Waals surface area contributed by atoms with E-state index in [-0.39, 0.29) is 34.5 Å². The third-order valence-corrected chi connectivity index (χ3v) is 9.65. The number of methoxy groups -OCH3 is 1. The van der Waals surface area contributed by atoms with Gasteiger partial charge < -0.3 is 15.0 Å². The summed E-state index contributed by atoms with van der Waals surface area (Å²) in [6.07, 6.45) is 5.71. The summed E-state index contributed by atoms with van der Waals surface area (Å²) in [5, 5.41) is 4.07. The molecule has 2 heterocycles. The van der Waals surface area contributed by atoms with Crippen LogP contribution in [-0.2, 0) is 20.5 Å². The summed E-state index contributed by atoms with van der Waals surface area (Å²) in [5.41, 5.74) is 0.739. The molecule has 4 aromatic rings. The van der Waals surface area contributed by atoms with Gasteiger partial charge in [-0.25, -0.2) is 22.2 Å². The summed E-state index contributed by atoms with van der Waals surface area (Å²) in [7, 11) is -0.145. The van der Waals surface area contributed by atoms with Crippen molar-refractivity contribution in [2.75, 3.05) is 37.3 Å². The normalized spacial score (nSPS) is 17.1. The topological polar surface area (TPSA) is 118 Å². The first-order chi connectivity index (χ1) is 21.9. The van der Waals surface area contributed by atoms with Gasteiger partial charge in [-0.15, -0.1) is 0 Å². The summed E-state index contributed by atoms with van der Waals surface area (Å²) in [6, 6.07) is 11.0. The summed E-state index contributed by atoms with van der Waals surface area (Å²) in [4.78, 5) is 25.4. The van der Waals surface area contributed by atoms with Crippen LogP contribution in [0.15, 0.2) is 59.5 Å². The number of halogens is 2. The Morgan fingerprint density at radius 3 is 2.43 bits per heavy atom. The van der Waals surface area contributed by atoms with E-state index in [0.717, 1.165) is 50.4 Å². The van der Waals surface area contributed by atoms with Gasteiger partial charge in [-0.3, -0.25) is 14.1 Å². The number of likely N-dealkylation sites (N-methyl/N-ethyl adjacent to an activating group) is 1. The number of aromatic nitrogens is 3. The van der Waals surface area contributed by atoms with Gasteiger partial charge in [-0.2, -0.15) is 4.98 Å². The van der Waals surface area contributed by atoms with Crippen LogP contribution in [0.3, 0.4) is 0 Å². The highest BCUT2D eigenvalue weighted by molar-refractivity contribution is 7.91. The first-order valence-electron chi connectivity index (χ1n) is 15.4. The van der Waals surface area contributed by atoms with Crippen LogP contribution in [0, 0.1) is 11.6 Å². The van der Waals surface area contributed by atoms with E-state index < -0.39 is 27.4 Å². The Balaban J connectivity index is 1.35. The van der Waals surface area contributed by atoms with Crippen molar-refractivity contribution in [1.29, 1.82) is 0 Å². The zero-order valence-electron chi connectivity index (χ0n) is 26.5. The summed E-state index contributed by atoms with van der Waals surface area (Å²) < 4.78 is 62.8. The van der Waals surface area contributed by atoms with E-state index >= 15 is 4.39 Å². The number of pyridine rings is 1. The maximum absolute atomic E-state index is 15.2. The fourth-order valence-corrected chi connectivity index (χ4v) is 7.11. The van der Waals surface area contributed by atoms with Crippen LogP contribution >= 0.6 is 0 Å². The van der Waals surface area contributed by atoms with Gasteiger partial charge in [-0.1, -0.05) is 18.2 Å². The first kappa shape index (κ1) is 33.4. The second kappa shape index (κ2) is 14.2. The van der Waals surface area contributed by atoms with Crippen molar-refractivity contribution in [3.05, 3.63) is 82.3 Å². The smallest absolute Gasteiger partial charge is 0.260 e. The highest BCUT2D eigenvalue weighted by Gasteiger charge is 2.25. The highest BCUT2D eigenvalue weighted by Crippen LogP contribution is 2.28. The summed E-state index contributed by atoms with van der Waals surface area (Å²) in [5.74, 6) is -1.33. The van der Waals surface area contributed by atoms with Crippen molar-refractivity contribution in [2.45, 2.75) is 63.4 Å². The second-order valence-corrected chi connectivity index (χ2v) is 13.8. The van der Waals surface area contributed by atoms with Crippen molar-refractivity contribution in [3.8, 4) is 11.1 Å². The van der Waals surface area contributed by atoms with Crippen molar-refractivity contribution in [2.24, 2.45) is 0 Å². The number of hydrogen-bond acceptors (Lipinski definition) is 8. The van der Waals surface area contributed by atoms with Gasteiger partial charge in [0.25, 0.3) is 5.56 Å². The number of hydrogen-bond donors (Lipinski definition) is 2. The largest absolute Gasteiger partial charge is 0.383 e. The molecule has 1 fully saturated rings. The molecule has 246 valence electrons. The second-order valence-electron chi connectivity index (χ2n) is 12.1. The summed E-state index contributed by atoms with van der Waals surface area (Å²) in [6.45, 7) is 5.36. The van der Waals surface area contributed by atoms with Gasteiger partial charge in [0.15, 0.2) is 0 Å². The lowest BCUT2D eigenvalue weighted by molar-refractivity contribution is 0.121. The van der Waals surface area contributed by atoms with Crippen LogP contribution in [0.5, 0.6) is 0 Å². The number of sulfonamides is 1. The molecule has 0 saturated heterocycles. The quantitative estimate of drug-likeness (QED) is 0.204. The van der Waals surface area contributed by atoms with Gasteiger partial charge in [0.1, 0.15) is 17.3 Å². The first-order valence-corrected chi connectivity index (χ1v) is 17.0. The molecule has 13 heteroatoms. The molecular formula is C33H40F2N6O4S. The van der Waals surface area contributed by atoms with Crippen molar-refractivity contribution in [1.82, 2.24) is 19.4 Å². The fourth-order valence-electron chi connectivity index (χ4n) is 5.91. The third-order valence-electron chi connectivity index (χ3n) is 8.41. The molecule has 10 nitrogen and oxygen atoms in total. The molecule has 5 rings (SSSR count). The maximum atomic E-state index is 15.2. The molecule has 0 unspecified atom stereocenters. The predicted octanol–water partition coefficient (Wildman–Crippen LogP) is 5.56. The Labute approximate surface area is 267 Å². The van der Waals surface area contributed by atoms with E-state index in [4.69, 9.17) is 9.72 Å². The molecule has 2 N–H and O–H groups in total. The van der Waals surface area contributed by atoms with Crippen LogP contribution in [0.25, 0.3) is 22.2 Å². The van der Waals surface area contributed by atoms with Crippen LogP contribution in [-0.4, -0.2) is 67.2 Å². The SMILES string of the molecule is COCCN(C)C1CCC(Nc2ncc3cc(-c4ccc(NS(=O)(=O)Cc5ccc(F)cc5)c(F)c4)c(=O)n(C(C)C)c3n2)CC1. The molecule has 0 radical (unpaired) electrons.